The summed E-state index contributed by atoms with van der Waals surface area (Å²) >= 11 is 0. The molecule has 0 bridgehead atoms. The Kier molecular flexibility index (Phi) is 3.52. The lowest BCUT2D eigenvalue weighted by atomic mass is 10.1. The summed E-state index contributed by atoms with van der Waals surface area (Å²) < 4.78 is 22.8. The molecule has 0 aliphatic carbocycles. The summed E-state index contributed by atoms with van der Waals surface area (Å²) in [6, 6.07) is 1.67. The van der Waals surface area contributed by atoms with Gasteiger partial charge in [0.25, 0.3) is 0 Å². The van der Waals surface area contributed by atoms with Crippen LogP contribution in [-0.4, -0.2) is 24.6 Å². The van der Waals surface area contributed by atoms with Crippen LogP contribution in [0.25, 0.3) is 0 Å². The molecule has 6 heteroatoms. The van der Waals surface area contributed by atoms with Gasteiger partial charge in [-0.15, -0.1) is 0 Å². The molecule has 0 aliphatic rings. The molecule has 1 rings (SSSR count). The van der Waals surface area contributed by atoms with Gasteiger partial charge in [0.2, 0.25) is 0 Å². The zero-order chi connectivity index (χ0) is 12.5. The molecule has 90 valence electrons. The highest BCUT2D eigenvalue weighted by Crippen LogP contribution is 2.21. The van der Waals surface area contributed by atoms with E-state index in [0.29, 0.717) is 5.82 Å². The summed E-state index contributed by atoms with van der Waals surface area (Å²) in [5.41, 5.74) is 6.39. The fourth-order valence-corrected chi connectivity index (χ4v) is 1.66. The van der Waals surface area contributed by atoms with Crippen LogP contribution in [0.4, 0.5) is 5.82 Å². The fourth-order valence-electron chi connectivity index (χ4n) is 1.17. The van der Waals surface area contributed by atoms with Crippen LogP contribution in [0.2, 0.25) is 0 Å². The van der Waals surface area contributed by atoms with Gasteiger partial charge in [-0.2, -0.15) is 0 Å². The van der Waals surface area contributed by atoms with Crippen molar-refractivity contribution in [2.75, 3.05) is 12.0 Å². The molecule has 16 heavy (non-hydrogen) atoms. The van der Waals surface area contributed by atoms with E-state index in [1.54, 1.807) is 13.0 Å². The van der Waals surface area contributed by atoms with E-state index < -0.39 is 15.1 Å². The number of hydrogen-bond acceptors (Lipinski definition) is 5. The van der Waals surface area contributed by atoms with E-state index in [1.807, 2.05) is 13.8 Å². The van der Waals surface area contributed by atoms with Gasteiger partial charge in [0.15, 0.2) is 9.84 Å². The van der Waals surface area contributed by atoms with Gasteiger partial charge >= 0.3 is 0 Å². The van der Waals surface area contributed by atoms with Crippen LogP contribution in [0.15, 0.2) is 6.07 Å². The van der Waals surface area contributed by atoms with E-state index in [1.165, 1.54) is 6.26 Å². The highest BCUT2D eigenvalue weighted by atomic mass is 32.2. The van der Waals surface area contributed by atoms with Gasteiger partial charge in [0, 0.05) is 18.0 Å². The molecule has 0 fully saturated rings. The van der Waals surface area contributed by atoms with E-state index in [-0.39, 0.29) is 11.7 Å². The van der Waals surface area contributed by atoms with Crippen molar-refractivity contribution in [1.82, 2.24) is 9.97 Å². The number of nitrogens with zero attached hydrogens (tertiary/aromatic N) is 2. The summed E-state index contributed by atoms with van der Waals surface area (Å²) in [7, 11) is -3.20. The van der Waals surface area contributed by atoms with Gasteiger partial charge in [0.05, 0.1) is 0 Å². The van der Waals surface area contributed by atoms with Crippen LogP contribution in [0.3, 0.4) is 0 Å². The second-order valence-electron chi connectivity index (χ2n) is 4.20. The number of hydrogen-bond donors (Lipinski definition) is 1. The van der Waals surface area contributed by atoms with E-state index in [0.717, 1.165) is 5.69 Å². The van der Waals surface area contributed by atoms with Crippen molar-refractivity contribution in [3.8, 4) is 0 Å². The van der Waals surface area contributed by atoms with Crippen molar-refractivity contribution in [3.05, 3.63) is 17.6 Å². The lowest BCUT2D eigenvalue weighted by molar-refractivity contribution is 0.588. The number of nitrogens with two attached hydrogens (primary N) is 1. The molecule has 1 atom stereocenters. The van der Waals surface area contributed by atoms with Crippen molar-refractivity contribution in [2.45, 2.75) is 31.9 Å². The quantitative estimate of drug-likeness (QED) is 0.864. The lowest BCUT2D eigenvalue weighted by Gasteiger charge is -2.12. The predicted octanol–water partition coefficient (Wildman–Crippen LogP) is 1.29. The van der Waals surface area contributed by atoms with E-state index in [4.69, 9.17) is 5.73 Å². The minimum absolute atomic E-state index is 0.191. The molecule has 1 aromatic rings. The Bertz CT molecular complexity index is 483. The van der Waals surface area contributed by atoms with Crippen molar-refractivity contribution in [2.24, 2.45) is 0 Å². The van der Waals surface area contributed by atoms with Gasteiger partial charge in [-0.1, -0.05) is 13.8 Å². The molecule has 0 radical (unpaired) electrons. The number of rotatable bonds is 3. The summed E-state index contributed by atoms with van der Waals surface area (Å²) in [5.74, 6) is 0.770. The zero-order valence-corrected chi connectivity index (χ0v) is 10.7. The van der Waals surface area contributed by atoms with Crippen LogP contribution in [-0.2, 0) is 9.84 Å². The minimum atomic E-state index is -3.20. The first kappa shape index (κ1) is 12.9. The first-order valence-electron chi connectivity index (χ1n) is 5.05. The van der Waals surface area contributed by atoms with Gasteiger partial charge in [-0.3, -0.25) is 0 Å². The van der Waals surface area contributed by atoms with Crippen molar-refractivity contribution < 1.29 is 8.42 Å². The molecule has 1 unspecified atom stereocenters. The first-order valence-corrected chi connectivity index (χ1v) is 7.00. The van der Waals surface area contributed by atoms with E-state index in [2.05, 4.69) is 9.97 Å². The average Bonchev–Trinajstić information content (AvgIpc) is 2.14. The molecule has 0 spiro atoms. The normalized spacial score (nSPS) is 14.1. The Balaban J connectivity index is 3.25. The summed E-state index contributed by atoms with van der Waals surface area (Å²) in [4.78, 5) is 8.20. The fraction of sp³-hybridized carbons (Fsp3) is 0.600. The minimum Gasteiger partial charge on any atom is -0.384 e. The molecular weight excluding hydrogens is 226 g/mol. The van der Waals surface area contributed by atoms with Crippen molar-refractivity contribution in [1.29, 1.82) is 0 Å². The summed E-state index contributed by atoms with van der Waals surface area (Å²) in [6.45, 7) is 5.50. The van der Waals surface area contributed by atoms with Gasteiger partial charge in [0.1, 0.15) is 16.9 Å². The van der Waals surface area contributed by atoms with Crippen LogP contribution < -0.4 is 5.73 Å². The maximum Gasteiger partial charge on any atom is 0.157 e. The smallest absolute Gasteiger partial charge is 0.157 e. The molecule has 0 aliphatic heterocycles. The number of aromatic nitrogens is 2. The summed E-state index contributed by atoms with van der Waals surface area (Å²) in [5, 5.41) is -0.728. The predicted molar refractivity (Wildman–Crippen MR) is 63.8 cm³/mol. The highest BCUT2D eigenvalue weighted by Gasteiger charge is 2.21. The van der Waals surface area contributed by atoms with E-state index >= 15 is 0 Å². The Hall–Kier alpha value is -1.17. The monoisotopic (exact) mass is 243 g/mol. The largest absolute Gasteiger partial charge is 0.384 e. The van der Waals surface area contributed by atoms with Gasteiger partial charge < -0.3 is 5.73 Å². The van der Waals surface area contributed by atoms with Gasteiger partial charge in [-0.25, -0.2) is 18.4 Å². The molecule has 0 amide bonds. The lowest BCUT2D eigenvalue weighted by Crippen LogP contribution is -2.14. The SMILES string of the molecule is CC(C)c1cc(N)nc(C(C)S(C)(=O)=O)n1. The zero-order valence-electron chi connectivity index (χ0n) is 9.93. The molecule has 5 nitrogen and oxygen atoms in total. The number of nitrogen functional groups attached to an aromatic ring is 1. The van der Waals surface area contributed by atoms with Crippen LogP contribution in [0.5, 0.6) is 0 Å². The van der Waals surface area contributed by atoms with Crippen LogP contribution >= 0.6 is 0 Å². The second-order valence-corrected chi connectivity index (χ2v) is 6.57. The molecule has 1 aromatic heterocycles. The Labute approximate surface area is 96.0 Å². The van der Waals surface area contributed by atoms with Crippen molar-refractivity contribution >= 4 is 15.7 Å². The third kappa shape index (κ3) is 2.91. The molecule has 1 heterocycles. The molecule has 0 saturated heterocycles. The topological polar surface area (TPSA) is 85.9 Å². The molecular formula is C10H17N3O2S. The summed E-state index contributed by atoms with van der Waals surface area (Å²) in [6.07, 6.45) is 1.17. The third-order valence-electron chi connectivity index (χ3n) is 2.38. The Morgan fingerprint density at radius 2 is 1.81 bits per heavy atom. The number of anilines is 1. The maximum absolute atomic E-state index is 11.4. The van der Waals surface area contributed by atoms with Crippen LogP contribution in [0.1, 0.15) is 43.5 Å². The van der Waals surface area contributed by atoms with Gasteiger partial charge in [-0.05, 0) is 12.8 Å². The van der Waals surface area contributed by atoms with Crippen LogP contribution in [0, 0.1) is 0 Å². The number of sulfone groups is 1. The maximum atomic E-state index is 11.4. The Morgan fingerprint density at radius 1 is 1.25 bits per heavy atom. The second kappa shape index (κ2) is 4.37. The van der Waals surface area contributed by atoms with Crippen molar-refractivity contribution in [3.63, 3.8) is 0 Å². The molecule has 2 N–H and O–H groups in total. The molecule has 0 saturated carbocycles. The molecule has 0 aromatic carbocycles. The standard InChI is InChI=1S/C10H17N3O2S/c1-6(2)8-5-9(11)13-10(12-8)7(3)16(4,14)15/h5-7H,1-4H3,(H2,11,12,13). The highest BCUT2D eigenvalue weighted by molar-refractivity contribution is 7.90. The first-order chi connectivity index (χ1) is 7.21. The average molecular weight is 243 g/mol. The Morgan fingerprint density at radius 3 is 2.25 bits per heavy atom. The van der Waals surface area contributed by atoms with E-state index in [9.17, 15) is 8.42 Å². The third-order valence-corrected chi connectivity index (χ3v) is 3.88.